The third-order valence-electron chi connectivity index (χ3n) is 6.23. The van der Waals surface area contributed by atoms with Gasteiger partial charge >= 0.3 is 0 Å². The molecule has 3 aromatic carbocycles. The van der Waals surface area contributed by atoms with Crippen LogP contribution in [-0.4, -0.2) is 39.7 Å². The largest absolute Gasteiger partial charge is 0.493 e. The molecule has 8 heteroatoms. The van der Waals surface area contributed by atoms with Crippen LogP contribution in [0.2, 0.25) is 5.02 Å². The molecule has 0 aromatic heterocycles. The number of methoxy groups -OCH3 is 3. The van der Waals surface area contributed by atoms with Crippen molar-refractivity contribution in [1.29, 1.82) is 0 Å². The van der Waals surface area contributed by atoms with Crippen molar-refractivity contribution in [3.8, 4) is 17.2 Å². The number of nitrogens with one attached hydrogen (secondary N) is 1. The van der Waals surface area contributed by atoms with Gasteiger partial charge in [0, 0.05) is 35.8 Å². The molecule has 0 saturated heterocycles. The third kappa shape index (κ3) is 5.57. The van der Waals surface area contributed by atoms with Gasteiger partial charge in [-0.25, -0.2) is 0 Å². The standard InChI is InChI=1S/C28H29ClN2O5/c1-34-24-15-18(16-25(35-2)27(24)36-3)5-11-26(32)30-17-19-4-10-23-21(14-19)12-13-31(23)28(33)20-6-8-22(29)9-7-20/h4,6-10,14-16H,5,11-13,17H2,1-3H3,(H,30,32). The fourth-order valence-electron chi connectivity index (χ4n) is 4.35. The molecule has 0 atom stereocenters. The minimum absolute atomic E-state index is 0.0433. The molecule has 0 radical (unpaired) electrons. The molecule has 1 N–H and O–H groups in total. The summed E-state index contributed by atoms with van der Waals surface area (Å²) in [5, 5.41) is 3.59. The second-order valence-electron chi connectivity index (χ2n) is 8.49. The zero-order chi connectivity index (χ0) is 25.7. The first kappa shape index (κ1) is 25.4. The van der Waals surface area contributed by atoms with Crippen LogP contribution >= 0.6 is 11.6 Å². The Hall–Kier alpha value is -3.71. The maximum Gasteiger partial charge on any atom is 0.258 e. The first-order valence-corrected chi connectivity index (χ1v) is 12.1. The summed E-state index contributed by atoms with van der Waals surface area (Å²) in [4.78, 5) is 27.2. The van der Waals surface area contributed by atoms with Gasteiger partial charge in [-0.1, -0.05) is 23.7 Å². The number of aryl methyl sites for hydroxylation is 1. The van der Waals surface area contributed by atoms with E-state index in [2.05, 4.69) is 11.4 Å². The summed E-state index contributed by atoms with van der Waals surface area (Å²) in [5.74, 6) is 1.56. The van der Waals surface area contributed by atoms with Gasteiger partial charge in [-0.15, -0.1) is 0 Å². The summed E-state index contributed by atoms with van der Waals surface area (Å²) in [6.45, 7) is 1.05. The highest BCUT2D eigenvalue weighted by molar-refractivity contribution is 6.30. The van der Waals surface area contributed by atoms with Crippen LogP contribution in [0.3, 0.4) is 0 Å². The van der Waals surface area contributed by atoms with Crippen LogP contribution < -0.4 is 24.4 Å². The Bertz CT molecular complexity index is 1230. The summed E-state index contributed by atoms with van der Waals surface area (Å²) in [7, 11) is 4.69. The van der Waals surface area contributed by atoms with E-state index in [1.165, 1.54) is 0 Å². The number of ether oxygens (including phenoxy) is 3. The Labute approximate surface area is 215 Å². The molecule has 1 heterocycles. The average molecular weight is 509 g/mol. The molecular formula is C28H29ClN2O5. The van der Waals surface area contributed by atoms with E-state index in [4.69, 9.17) is 25.8 Å². The first-order valence-electron chi connectivity index (χ1n) is 11.7. The maximum absolute atomic E-state index is 12.9. The lowest BCUT2D eigenvalue weighted by Crippen LogP contribution is -2.28. The van der Waals surface area contributed by atoms with E-state index in [-0.39, 0.29) is 11.8 Å². The Morgan fingerprint density at radius 3 is 2.25 bits per heavy atom. The monoisotopic (exact) mass is 508 g/mol. The topological polar surface area (TPSA) is 77.1 Å². The van der Waals surface area contributed by atoms with Gasteiger partial charge in [-0.3, -0.25) is 9.59 Å². The van der Waals surface area contributed by atoms with Crippen LogP contribution in [0.5, 0.6) is 17.2 Å². The first-order chi connectivity index (χ1) is 17.4. The minimum atomic E-state index is -0.0520. The number of benzene rings is 3. The van der Waals surface area contributed by atoms with Gasteiger partial charge in [0.25, 0.3) is 5.91 Å². The van der Waals surface area contributed by atoms with Gasteiger partial charge in [0.1, 0.15) is 0 Å². The molecule has 2 amide bonds. The third-order valence-corrected chi connectivity index (χ3v) is 6.48. The highest BCUT2D eigenvalue weighted by Gasteiger charge is 2.25. The number of nitrogens with zero attached hydrogens (tertiary/aromatic N) is 1. The SMILES string of the molecule is COc1cc(CCC(=O)NCc2ccc3c(c2)CCN3C(=O)c2ccc(Cl)cc2)cc(OC)c1OC. The number of amides is 2. The van der Waals surface area contributed by atoms with E-state index in [1.54, 1.807) is 50.5 Å². The van der Waals surface area contributed by atoms with E-state index in [1.807, 2.05) is 24.3 Å². The van der Waals surface area contributed by atoms with Crippen molar-refractivity contribution in [3.63, 3.8) is 0 Å². The van der Waals surface area contributed by atoms with E-state index in [0.717, 1.165) is 28.8 Å². The summed E-state index contributed by atoms with van der Waals surface area (Å²) >= 11 is 5.94. The molecule has 3 aromatic rings. The fourth-order valence-corrected chi connectivity index (χ4v) is 4.48. The highest BCUT2D eigenvalue weighted by atomic mass is 35.5. The predicted octanol–water partition coefficient (Wildman–Crippen LogP) is 4.82. The normalized spacial score (nSPS) is 12.2. The van der Waals surface area contributed by atoms with Gasteiger partial charge < -0.3 is 24.4 Å². The minimum Gasteiger partial charge on any atom is -0.493 e. The maximum atomic E-state index is 12.9. The summed E-state index contributed by atoms with van der Waals surface area (Å²) < 4.78 is 16.1. The number of hydrogen-bond donors (Lipinski definition) is 1. The quantitative estimate of drug-likeness (QED) is 0.448. The van der Waals surface area contributed by atoms with Crippen LogP contribution in [-0.2, 0) is 24.2 Å². The number of anilines is 1. The smallest absolute Gasteiger partial charge is 0.258 e. The van der Waals surface area contributed by atoms with Gasteiger partial charge in [0.15, 0.2) is 11.5 Å². The van der Waals surface area contributed by atoms with Crippen molar-refractivity contribution < 1.29 is 23.8 Å². The molecule has 36 heavy (non-hydrogen) atoms. The van der Waals surface area contributed by atoms with E-state index in [0.29, 0.717) is 53.8 Å². The Kier molecular flexibility index (Phi) is 8.00. The number of carbonyl (C=O) groups is 2. The zero-order valence-corrected chi connectivity index (χ0v) is 21.4. The van der Waals surface area contributed by atoms with Gasteiger partial charge in [-0.05, 0) is 72.0 Å². The van der Waals surface area contributed by atoms with E-state index < -0.39 is 0 Å². The molecule has 188 valence electrons. The number of carbonyl (C=O) groups excluding carboxylic acids is 2. The van der Waals surface area contributed by atoms with Crippen molar-refractivity contribution in [2.24, 2.45) is 0 Å². The zero-order valence-electron chi connectivity index (χ0n) is 20.6. The lowest BCUT2D eigenvalue weighted by atomic mass is 10.1. The molecule has 4 rings (SSSR count). The number of hydrogen-bond acceptors (Lipinski definition) is 5. The second-order valence-corrected chi connectivity index (χ2v) is 8.92. The van der Waals surface area contributed by atoms with Crippen LogP contribution in [0.4, 0.5) is 5.69 Å². The number of fused-ring (bicyclic) bond motifs is 1. The lowest BCUT2D eigenvalue weighted by molar-refractivity contribution is -0.121. The fraction of sp³-hybridized carbons (Fsp3) is 0.286. The van der Waals surface area contributed by atoms with Crippen molar-refractivity contribution in [2.75, 3.05) is 32.8 Å². The van der Waals surface area contributed by atoms with Gasteiger partial charge in [0.2, 0.25) is 11.7 Å². The molecule has 7 nitrogen and oxygen atoms in total. The molecule has 0 aliphatic carbocycles. The van der Waals surface area contributed by atoms with Crippen molar-refractivity contribution in [3.05, 3.63) is 81.9 Å². The van der Waals surface area contributed by atoms with Crippen molar-refractivity contribution >= 4 is 29.1 Å². The van der Waals surface area contributed by atoms with E-state index >= 15 is 0 Å². The second kappa shape index (κ2) is 11.4. The molecule has 0 fully saturated rings. The Morgan fingerprint density at radius 1 is 0.917 bits per heavy atom. The highest BCUT2D eigenvalue weighted by Crippen LogP contribution is 2.38. The molecule has 0 unspecified atom stereocenters. The summed E-state index contributed by atoms with van der Waals surface area (Å²) in [6, 6.07) is 16.6. The van der Waals surface area contributed by atoms with E-state index in [9.17, 15) is 9.59 Å². The van der Waals surface area contributed by atoms with Crippen LogP contribution in [0, 0.1) is 0 Å². The number of halogens is 1. The average Bonchev–Trinajstić information content (AvgIpc) is 3.33. The Morgan fingerprint density at radius 2 is 1.61 bits per heavy atom. The molecule has 0 bridgehead atoms. The molecule has 1 aliphatic heterocycles. The van der Waals surface area contributed by atoms with Crippen LogP contribution in [0.15, 0.2) is 54.6 Å². The van der Waals surface area contributed by atoms with Crippen molar-refractivity contribution in [1.82, 2.24) is 5.32 Å². The predicted molar refractivity (Wildman–Crippen MR) is 140 cm³/mol. The van der Waals surface area contributed by atoms with Crippen molar-refractivity contribution in [2.45, 2.75) is 25.8 Å². The van der Waals surface area contributed by atoms with Crippen LogP contribution in [0.1, 0.15) is 33.5 Å². The Balaban J connectivity index is 1.34. The summed E-state index contributed by atoms with van der Waals surface area (Å²) in [6.07, 6.45) is 1.64. The molecule has 1 aliphatic rings. The van der Waals surface area contributed by atoms with Gasteiger partial charge in [-0.2, -0.15) is 0 Å². The summed E-state index contributed by atoms with van der Waals surface area (Å²) in [5.41, 5.74) is 4.53. The number of rotatable bonds is 9. The molecule has 0 spiro atoms. The molecule has 0 saturated carbocycles. The lowest BCUT2D eigenvalue weighted by Gasteiger charge is -2.18. The van der Waals surface area contributed by atoms with Crippen LogP contribution in [0.25, 0.3) is 0 Å². The van der Waals surface area contributed by atoms with Gasteiger partial charge in [0.05, 0.1) is 21.3 Å². The molecular weight excluding hydrogens is 480 g/mol.